The fourth-order valence-corrected chi connectivity index (χ4v) is 5.11. The van der Waals surface area contributed by atoms with Crippen LogP contribution in [-0.2, 0) is 0 Å². The van der Waals surface area contributed by atoms with Crippen LogP contribution in [0.3, 0.4) is 0 Å². The number of hydrogen-bond acceptors (Lipinski definition) is 5. The van der Waals surface area contributed by atoms with Crippen molar-refractivity contribution in [3.05, 3.63) is 71.3 Å². The van der Waals surface area contributed by atoms with Gasteiger partial charge in [0.15, 0.2) is 11.5 Å². The summed E-state index contributed by atoms with van der Waals surface area (Å²) in [4.78, 5) is 13.6. The number of benzene rings is 3. The first kappa shape index (κ1) is 19.1. The second-order valence-electron chi connectivity index (χ2n) is 8.93. The molecule has 1 saturated carbocycles. The highest BCUT2D eigenvalue weighted by Gasteiger charge is 2.33. The molecule has 0 atom stereocenters. The average molecular weight is 424 g/mol. The highest BCUT2D eigenvalue weighted by Crippen LogP contribution is 2.45. The molecule has 0 saturated heterocycles. The first-order valence-corrected chi connectivity index (χ1v) is 11.4. The van der Waals surface area contributed by atoms with Crippen LogP contribution in [0.1, 0.15) is 53.6 Å². The predicted molar refractivity (Wildman–Crippen MR) is 128 cm³/mol. The Morgan fingerprint density at radius 1 is 0.938 bits per heavy atom. The summed E-state index contributed by atoms with van der Waals surface area (Å²) in [5.41, 5.74) is 6.64. The lowest BCUT2D eigenvalue weighted by Gasteiger charge is -2.25. The maximum absolute atomic E-state index is 13.6. The van der Waals surface area contributed by atoms with E-state index < -0.39 is 0 Å². The normalized spacial score (nSPS) is 15.6. The highest BCUT2D eigenvalue weighted by molar-refractivity contribution is 6.28. The van der Waals surface area contributed by atoms with Crippen molar-refractivity contribution in [3.63, 3.8) is 0 Å². The molecule has 1 heterocycles. The number of fused-ring (bicyclic) bond motifs is 2. The van der Waals surface area contributed by atoms with Gasteiger partial charge in [0.05, 0.1) is 22.3 Å². The molecule has 32 heavy (non-hydrogen) atoms. The van der Waals surface area contributed by atoms with Crippen molar-refractivity contribution in [2.24, 2.45) is 0 Å². The molecule has 1 fully saturated rings. The van der Waals surface area contributed by atoms with Crippen LogP contribution in [0.4, 0.5) is 17.1 Å². The number of aryl methyl sites for hydroxylation is 1. The third-order valence-corrected chi connectivity index (χ3v) is 6.66. The maximum atomic E-state index is 13.6. The summed E-state index contributed by atoms with van der Waals surface area (Å²) in [7, 11) is 0. The van der Waals surface area contributed by atoms with E-state index in [0.717, 1.165) is 51.9 Å². The molecule has 2 aliphatic rings. The molecule has 0 radical (unpaired) electrons. The lowest BCUT2D eigenvalue weighted by molar-refractivity contribution is 0.104. The number of nitrogens with one attached hydrogen (secondary N) is 2. The van der Waals surface area contributed by atoms with Crippen molar-refractivity contribution in [3.8, 4) is 11.3 Å². The summed E-state index contributed by atoms with van der Waals surface area (Å²) in [6, 6.07) is 18.3. The van der Waals surface area contributed by atoms with Gasteiger partial charge >= 0.3 is 0 Å². The molecule has 160 valence electrons. The number of carbonyl (C=O) groups excluding carboxylic acids is 1. The van der Waals surface area contributed by atoms with E-state index in [1.807, 2.05) is 42.5 Å². The quantitative estimate of drug-likeness (QED) is 0.331. The van der Waals surface area contributed by atoms with Crippen LogP contribution >= 0.6 is 0 Å². The predicted octanol–water partition coefficient (Wildman–Crippen LogP) is 6.84. The molecule has 5 nitrogen and oxygen atoms in total. The molecular formula is C27H25N3O2. The van der Waals surface area contributed by atoms with Gasteiger partial charge in [0.25, 0.3) is 0 Å². The van der Waals surface area contributed by atoms with Crippen molar-refractivity contribution in [2.75, 3.05) is 10.6 Å². The molecule has 4 aromatic rings. The number of ketones is 1. The Balaban J connectivity index is 1.56. The summed E-state index contributed by atoms with van der Waals surface area (Å²) in [5.74, 6) is 0.672. The van der Waals surface area contributed by atoms with E-state index in [1.165, 1.54) is 19.3 Å². The van der Waals surface area contributed by atoms with Crippen molar-refractivity contribution < 1.29 is 9.32 Å². The van der Waals surface area contributed by atoms with Crippen LogP contribution in [0, 0.1) is 6.92 Å². The standard InChI is InChI=1S/C27H25N3O2/c1-16-8-7-11-18(14-16)29-21-15-22(28-17-9-3-2-4-10-17)25-24-23(21)26(31)19-12-5-6-13-20(19)27(24)32-30-25/h5-8,11-15,17,28-29H,2-4,9-10H2,1H3. The molecule has 2 aliphatic carbocycles. The lowest BCUT2D eigenvalue weighted by atomic mass is 9.86. The number of hydrogen-bond donors (Lipinski definition) is 2. The Labute approximate surface area is 186 Å². The molecule has 3 aromatic carbocycles. The summed E-state index contributed by atoms with van der Waals surface area (Å²) in [6.07, 6.45) is 6.07. The van der Waals surface area contributed by atoms with Gasteiger partial charge in [0, 0.05) is 22.9 Å². The zero-order valence-corrected chi connectivity index (χ0v) is 18.1. The molecule has 0 spiro atoms. The van der Waals surface area contributed by atoms with E-state index in [0.29, 0.717) is 22.9 Å². The first-order valence-electron chi connectivity index (χ1n) is 11.4. The van der Waals surface area contributed by atoms with Crippen LogP contribution in [0.5, 0.6) is 0 Å². The van der Waals surface area contributed by atoms with E-state index in [1.54, 1.807) is 0 Å². The van der Waals surface area contributed by atoms with E-state index in [-0.39, 0.29) is 5.78 Å². The number of aromatic nitrogens is 1. The number of nitrogens with zero attached hydrogens (tertiary/aromatic N) is 1. The second kappa shape index (κ2) is 7.52. The zero-order valence-electron chi connectivity index (χ0n) is 18.1. The van der Waals surface area contributed by atoms with Gasteiger partial charge in [-0.3, -0.25) is 4.79 Å². The van der Waals surface area contributed by atoms with Crippen LogP contribution < -0.4 is 10.6 Å². The summed E-state index contributed by atoms with van der Waals surface area (Å²) < 4.78 is 5.86. The van der Waals surface area contributed by atoms with E-state index >= 15 is 0 Å². The Morgan fingerprint density at radius 2 is 1.75 bits per heavy atom. The van der Waals surface area contributed by atoms with E-state index in [9.17, 15) is 4.79 Å². The smallest absolute Gasteiger partial charge is 0.196 e. The third kappa shape index (κ3) is 3.08. The average Bonchev–Trinajstić information content (AvgIpc) is 3.25. The lowest BCUT2D eigenvalue weighted by Crippen LogP contribution is -2.22. The van der Waals surface area contributed by atoms with Gasteiger partial charge in [-0.1, -0.05) is 60.8 Å². The summed E-state index contributed by atoms with van der Waals surface area (Å²) in [5, 5.41) is 12.5. The molecule has 2 N–H and O–H groups in total. The minimum absolute atomic E-state index is 0.000620. The number of rotatable bonds is 4. The van der Waals surface area contributed by atoms with Gasteiger partial charge in [-0.05, 0) is 43.5 Å². The maximum Gasteiger partial charge on any atom is 0.196 e. The van der Waals surface area contributed by atoms with Gasteiger partial charge in [-0.2, -0.15) is 0 Å². The number of anilines is 3. The molecule has 0 bridgehead atoms. The Hall–Kier alpha value is -3.60. The van der Waals surface area contributed by atoms with Crippen molar-refractivity contribution in [2.45, 2.75) is 45.1 Å². The SMILES string of the molecule is Cc1cccc(Nc2cc(NC3CCCCC3)c3noc4c3c2C(=O)c2ccccc2-4)c1. The monoisotopic (exact) mass is 423 g/mol. The largest absolute Gasteiger partial charge is 0.380 e. The van der Waals surface area contributed by atoms with Gasteiger partial charge in [0.2, 0.25) is 0 Å². The van der Waals surface area contributed by atoms with Gasteiger partial charge in [-0.25, -0.2) is 0 Å². The topological polar surface area (TPSA) is 67.2 Å². The van der Waals surface area contributed by atoms with Gasteiger partial charge in [-0.15, -0.1) is 0 Å². The van der Waals surface area contributed by atoms with E-state index in [4.69, 9.17) is 4.52 Å². The third-order valence-electron chi connectivity index (χ3n) is 6.66. The molecule has 0 unspecified atom stereocenters. The van der Waals surface area contributed by atoms with Crippen molar-refractivity contribution in [1.29, 1.82) is 0 Å². The Bertz CT molecular complexity index is 1350. The van der Waals surface area contributed by atoms with Crippen LogP contribution in [0.2, 0.25) is 0 Å². The fourth-order valence-electron chi connectivity index (χ4n) is 5.11. The molecule has 6 rings (SSSR count). The highest BCUT2D eigenvalue weighted by atomic mass is 16.5. The molecule has 1 aromatic heterocycles. The van der Waals surface area contributed by atoms with Gasteiger partial charge in [0.1, 0.15) is 5.52 Å². The minimum Gasteiger partial charge on any atom is -0.380 e. The Morgan fingerprint density at radius 3 is 2.56 bits per heavy atom. The molecular weight excluding hydrogens is 398 g/mol. The first-order chi connectivity index (χ1) is 15.7. The van der Waals surface area contributed by atoms with Crippen molar-refractivity contribution in [1.82, 2.24) is 5.16 Å². The zero-order chi connectivity index (χ0) is 21.7. The van der Waals surface area contributed by atoms with Crippen LogP contribution in [-0.4, -0.2) is 17.0 Å². The fraction of sp³-hybridized carbons (Fsp3) is 0.259. The second-order valence-corrected chi connectivity index (χ2v) is 8.93. The van der Waals surface area contributed by atoms with Crippen LogP contribution in [0.15, 0.2) is 59.1 Å². The van der Waals surface area contributed by atoms with Crippen molar-refractivity contribution >= 4 is 33.7 Å². The molecule has 0 amide bonds. The summed E-state index contributed by atoms with van der Waals surface area (Å²) in [6.45, 7) is 2.06. The minimum atomic E-state index is 0.000620. The van der Waals surface area contributed by atoms with Crippen LogP contribution in [0.25, 0.3) is 22.2 Å². The van der Waals surface area contributed by atoms with E-state index in [2.05, 4.69) is 34.8 Å². The Kier molecular flexibility index (Phi) is 4.49. The summed E-state index contributed by atoms with van der Waals surface area (Å²) >= 11 is 0. The van der Waals surface area contributed by atoms with Gasteiger partial charge < -0.3 is 15.2 Å². The molecule has 5 heteroatoms. The number of carbonyl (C=O) groups is 1. The molecule has 0 aliphatic heterocycles.